The van der Waals surface area contributed by atoms with Crippen molar-refractivity contribution in [2.45, 2.75) is 6.42 Å². The lowest BCUT2D eigenvalue weighted by atomic mass is 10.2. The van der Waals surface area contributed by atoms with Crippen molar-refractivity contribution in [3.63, 3.8) is 0 Å². The Labute approximate surface area is 159 Å². The Morgan fingerprint density at radius 2 is 1.48 bits per heavy atom. The van der Waals surface area contributed by atoms with Gasteiger partial charge in [0.1, 0.15) is 0 Å². The maximum Gasteiger partial charge on any atom is 0.251 e. The second-order valence-corrected chi connectivity index (χ2v) is 6.95. The van der Waals surface area contributed by atoms with Gasteiger partial charge in [0.15, 0.2) is 5.82 Å². The molecule has 0 amide bonds. The zero-order chi connectivity index (χ0) is 18.1. The minimum atomic E-state index is 0.697. The van der Waals surface area contributed by atoms with Crippen LogP contribution in [0, 0.1) is 0 Å². The van der Waals surface area contributed by atoms with E-state index in [0.29, 0.717) is 5.95 Å². The molecular weight excluding hydrogens is 336 g/mol. The van der Waals surface area contributed by atoms with Crippen LogP contribution in [0.4, 0.5) is 23.1 Å². The van der Waals surface area contributed by atoms with Crippen molar-refractivity contribution in [1.29, 1.82) is 0 Å². The van der Waals surface area contributed by atoms with Gasteiger partial charge in [-0.05, 0) is 30.2 Å². The lowest BCUT2D eigenvalue weighted by Crippen LogP contribution is -2.47. The van der Waals surface area contributed by atoms with E-state index in [4.69, 9.17) is 4.98 Å². The molecule has 0 saturated carbocycles. The van der Waals surface area contributed by atoms with Crippen LogP contribution < -0.4 is 14.7 Å². The maximum absolute atomic E-state index is 4.83. The number of benzene rings is 2. The Balaban J connectivity index is 1.32. The molecule has 3 aromatic rings. The molecule has 136 valence electrons. The van der Waals surface area contributed by atoms with Crippen molar-refractivity contribution in [2.75, 3.05) is 47.4 Å². The van der Waals surface area contributed by atoms with E-state index >= 15 is 0 Å². The first-order valence-electron chi connectivity index (χ1n) is 9.48. The molecule has 0 N–H and O–H groups in total. The van der Waals surface area contributed by atoms with Gasteiger partial charge >= 0.3 is 0 Å². The summed E-state index contributed by atoms with van der Waals surface area (Å²) in [4.78, 5) is 11.7. The van der Waals surface area contributed by atoms with Crippen LogP contribution in [0.5, 0.6) is 0 Å². The highest BCUT2D eigenvalue weighted by Crippen LogP contribution is 2.32. The minimum Gasteiger partial charge on any atom is -0.368 e. The predicted octanol–water partition coefficient (Wildman–Crippen LogP) is 2.89. The first kappa shape index (κ1) is 16.1. The van der Waals surface area contributed by atoms with E-state index in [9.17, 15) is 0 Å². The Hall–Kier alpha value is -3.15. The number of fused-ring (bicyclic) bond motifs is 1. The molecule has 6 nitrogen and oxygen atoms in total. The molecular formula is C21H22N6. The number of nitrogens with zero attached hydrogens (tertiary/aromatic N) is 6. The molecule has 1 saturated heterocycles. The van der Waals surface area contributed by atoms with E-state index < -0.39 is 0 Å². The largest absolute Gasteiger partial charge is 0.368 e. The van der Waals surface area contributed by atoms with Crippen LogP contribution >= 0.6 is 0 Å². The molecule has 0 spiro atoms. The normalized spacial score (nSPS) is 16.5. The highest BCUT2D eigenvalue weighted by Gasteiger charge is 2.24. The lowest BCUT2D eigenvalue weighted by Gasteiger charge is -2.36. The average molecular weight is 358 g/mol. The van der Waals surface area contributed by atoms with Gasteiger partial charge in [-0.3, -0.25) is 0 Å². The molecule has 1 aromatic heterocycles. The van der Waals surface area contributed by atoms with Gasteiger partial charge in [0, 0.05) is 44.1 Å². The summed E-state index contributed by atoms with van der Waals surface area (Å²) in [7, 11) is 0. The Bertz CT molecular complexity index is 921. The van der Waals surface area contributed by atoms with Crippen molar-refractivity contribution in [1.82, 2.24) is 15.2 Å². The second kappa shape index (κ2) is 6.87. The third-order valence-corrected chi connectivity index (χ3v) is 5.39. The lowest BCUT2D eigenvalue weighted by molar-refractivity contribution is 0.644. The fourth-order valence-electron chi connectivity index (χ4n) is 3.93. The standard InChI is InChI=1S/C21H22N6/c1-2-7-18(8-3-1)25-12-14-26(15-13-25)20-16-22-24-21(23-20)27-11-10-17-6-4-5-9-19(17)27/h1-9,16H,10-15H2. The number of hydrogen-bond acceptors (Lipinski definition) is 6. The van der Waals surface area contributed by atoms with Crippen molar-refractivity contribution >= 4 is 23.1 Å². The summed E-state index contributed by atoms with van der Waals surface area (Å²) in [5, 5.41) is 8.55. The fraction of sp³-hybridized carbons (Fsp3) is 0.286. The van der Waals surface area contributed by atoms with Crippen LogP contribution in [0.2, 0.25) is 0 Å². The van der Waals surface area contributed by atoms with E-state index in [1.807, 2.05) is 0 Å². The molecule has 0 bridgehead atoms. The van der Waals surface area contributed by atoms with Gasteiger partial charge in [0.25, 0.3) is 5.95 Å². The van der Waals surface area contributed by atoms with Crippen LogP contribution in [0.15, 0.2) is 60.8 Å². The molecule has 0 radical (unpaired) electrons. The zero-order valence-corrected chi connectivity index (χ0v) is 15.2. The van der Waals surface area contributed by atoms with Gasteiger partial charge in [-0.25, -0.2) is 0 Å². The number of para-hydroxylation sites is 2. The SMILES string of the molecule is c1ccc(N2CCN(c3cnnc(N4CCc5ccccc54)n3)CC2)cc1. The van der Waals surface area contributed by atoms with Crippen LogP contribution in [0.25, 0.3) is 0 Å². The number of anilines is 4. The fourth-order valence-corrected chi connectivity index (χ4v) is 3.93. The number of aromatic nitrogens is 3. The number of rotatable bonds is 3. The maximum atomic E-state index is 4.83. The molecule has 0 atom stereocenters. The topological polar surface area (TPSA) is 48.4 Å². The molecule has 0 aliphatic carbocycles. The van der Waals surface area contributed by atoms with Crippen LogP contribution in [0.3, 0.4) is 0 Å². The summed E-state index contributed by atoms with van der Waals surface area (Å²) in [6.07, 6.45) is 2.81. The molecule has 3 heterocycles. The van der Waals surface area contributed by atoms with Crippen molar-refractivity contribution < 1.29 is 0 Å². The first-order chi connectivity index (χ1) is 13.4. The summed E-state index contributed by atoms with van der Waals surface area (Å²) in [6, 6.07) is 19.1. The summed E-state index contributed by atoms with van der Waals surface area (Å²) < 4.78 is 0. The molecule has 1 fully saturated rings. The molecule has 27 heavy (non-hydrogen) atoms. The van der Waals surface area contributed by atoms with Gasteiger partial charge in [-0.1, -0.05) is 36.4 Å². The highest BCUT2D eigenvalue weighted by atomic mass is 15.4. The summed E-state index contributed by atoms with van der Waals surface area (Å²) in [5.41, 5.74) is 3.83. The molecule has 2 aromatic carbocycles. The van der Waals surface area contributed by atoms with Gasteiger partial charge in [-0.2, -0.15) is 10.1 Å². The van der Waals surface area contributed by atoms with Crippen LogP contribution in [-0.4, -0.2) is 47.9 Å². The predicted molar refractivity (Wildman–Crippen MR) is 108 cm³/mol. The molecule has 0 unspecified atom stereocenters. The van der Waals surface area contributed by atoms with E-state index in [2.05, 4.69) is 79.5 Å². The van der Waals surface area contributed by atoms with Gasteiger partial charge in [0.05, 0.1) is 6.20 Å². The molecule has 2 aliphatic rings. The smallest absolute Gasteiger partial charge is 0.251 e. The quantitative estimate of drug-likeness (QED) is 0.718. The second-order valence-electron chi connectivity index (χ2n) is 6.95. The van der Waals surface area contributed by atoms with E-state index in [0.717, 1.165) is 45.0 Å². The van der Waals surface area contributed by atoms with Gasteiger partial charge in [0.2, 0.25) is 0 Å². The molecule has 2 aliphatic heterocycles. The third-order valence-electron chi connectivity index (χ3n) is 5.39. The average Bonchev–Trinajstić information content (AvgIpc) is 3.19. The van der Waals surface area contributed by atoms with Gasteiger partial charge in [-0.15, -0.1) is 5.10 Å². The summed E-state index contributed by atoms with van der Waals surface area (Å²) >= 11 is 0. The van der Waals surface area contributed by atoms with Crippen molar-refractivity contribution in [2.24, 2.45) is 0 Å². The molecule has 5 rings (SSSR count). The van der Waals surface area contributed by atoms with E-state index in [-0.39, 0.29) is 0 Å². The Morgan fingerprint density at radius 3 is 2.33 bits per heavy atom. The van der Waals surface area contributed by atoms with E-state index in [1.165, 1.54) is 16.9 Å². The highest BCUT2D eigenvalue weighted by molar-refractivity contribution is 5.66. The van der Waals surface area contributed by atoms with E-state index in [1.54, 1.807) is 6.20 Å². The monoisotopic (exact) mass is 358 g/mol. The Kier molecular flexibility index (Phi) is 4.08. The number of piperazine rings is 1. The minimum absolute atomic E-state index is 0.697. The third kappa shape index (κ3) is 3.07. The van der Waals surface area contributed by atoms with Crippen molar-refractivity contribution in [3.05, 3.63) is 66.4 Å². The summed E-state index contributed by atoms with van der Waals surface area (Å²) in [6.45, 7) is 4.74. The molecule has 6 heteroatoms. The van der Waals surface area contributed by atoms with Crippen LogP contribution in [0.1, 0.15) is 5.56 Å². The van der Waals surface area contributed by atoms with Gasteiger partial charge < -0.3 is 14.7 Å². The Morgan fingerprint density at radius 1 is 0.741 bits per heavy atom. The zero-order valence-electron chi connectivity index (χ0n) is 15.2. The van der Waals surface area contributed by atoms with Crippen molar-refractivity contribution in [3.8, 4) is 0 Å². The summed E-state index contributed by atoms with van der Waals surface area (Å²) in [5.74, 6) is 1.61. The van der Waals surface area contributed by atoms with Crippen LogP contribution in [-0.2, 0) is 6.42 Å². The number of hydrogen-bond donors (Lipinski definition) is 0. The first-order valence-corrected chi connectivity index (χ1v) is 9.48.